The molecule has 1 aromatic rings. The zero-order chi connectivity index (χ0) is 15.6. The van der Waals surface area contributed by atoms with Gasteiger partial charge in [0.15, 0.2) is 0 Å². The summed E-state index contributed by atoms with van der Waals surface area (Å²) in [6, 6.07) is 4.33. The third kappa shape index (κ3) is 3.26. The minimum Gasteiger partial charge on any atom is -0.495 e. The first-order valence-electron chi connectivity index (χ1n) is 6.91. The molecule has 2 amide bonds. The van der Waals surface area contributed by atoms with Gasteiger partial charge in [-0.15, -0.1) is 0 Å². The lowest BCUT2D eigenvalue weighted by Crippen LogP contribution is -2.37. The highest BCUT2D eigenvalue weighted by molar-refractivity contribution is 5.95. The van der Waals surface area contributed by atoms with Gasteiger partial charge < -0.3 is 20.1 Å². The first kappa shape index (κ1) is 15.2. The molecule has 0 aliphatic carbocycles. The van der Waals surface area contributed by atoms with Gasteiger partial charge >= 0.3 is 12.0 Å². The molecule has 0 saturated carbocycles. The summed E-state index contributed by atoms with van der Waals surface area (Å²) in [5, 5.41) is 11.8. The van der Waals surface area contributed by atoms with E-state index in [0.29, 0.717) is 23.9 Å². The molecule has 1 aliphatic heterocycles. The van der Waals surface area contributed by atoms with E-state index in [-0.39, 0.29) is 17.6 Å². The van der Waals surface area contributed by atoms with Gasteiger partial charge in [-0.25, -0.2) is 9.59 Å². The van der Waals surface area contributed by atoms with Gasteiger partial charge in [0.05, 0.1) is 18.4 Å². The fraction of sp³-hybridized carbons (Fsp3) is 0.467. The molecule has 2 unspecified atom stereocenters. The monoisotopic (exact) mass is 292 g/mol. The number of nitrogens with one attached hydrogen (secondary N) is 1. The molecule has 1 saturated heterocycles. The van der Waals surface area contributed by atoms with Crippen LogP contribution in [0.15, 0.2) is 18.2 Å². The number of aromatic carboxylic acids is 1. The summed E-state index contributed by atoms with van der Waals surface area (Å²) in [6.07, 6.45) is 0.972. The number of amides is 2. The maximum Gasteiger partial charge on any atom is 0.335 e. The fourth-order valence-electron chi connectivity index (χ4n) is 2.71. The summed E-state index contributed by atoms with van der Waals surface area (Å²) in [4.78, 5) is 25.1. The van der Waals surface area contributed by atoms with Crippen molar-refractivity contribution in [3.05, 3.63) is 23.8 Å². The highest BCUT2D eigenvalue weighted by Gasteiger charge is 2.30. The molecule has 1 aromatic carbocycles. The van der Waals surface area contributed by atoms with Gasteiger partial charge in [-0.05, 0) is 37.5 Å². The molecule has 0 spiro atoms. The molecule has 2 rings (SSSR count). The van der Waals surface area contributed by atoms with E-state index in [9.17, 15) is 9.59 Å². The van der Waals surface area contributed by atoms with Crippen molar-refractivity contribution in [1.82, 2.24) is 4.90 Å². The van der Waals surface area contributed by atoms with Crippen LogP contribution in [0.1, 0.15) is 30.6 Å². The summed E-state index contributed by atoms with van der Waals surface area (Å²) >= 11 is 0. The highest BCUT2D eigenvalue weighted by Crippen LogP contribution is 2.28. The van der Waals surface area contributed by atoms with Crippen LogP contribution in [-0.2, 0) is 0 Å². The van der Waals surface area contributed by atoms with Gasteiger partial charge in [0, 0.05) is 12.6 Å². The molecule has 1 heterocycles. The van der Waals surface area contributed by atoms with Crippen LogP contribution in [0.3, 0.4) is 0 Å². The molecule has 0 bridgehead atoms. The molecular weight excluding hydrogens is 272 g/mol. The minimum absolute atomic E-state index is 0.105. The third-order valence-electron chi connectivity index (χ3n) is 3.73. The van der Waals surface area contributed by atoms with Crippen LogP contribution in [0.5, 0.6) is 5.75 Å². The molecule has 21 heavy (non-hydrogen) atoms. The Kier molecular flexibility index (Phi) is 4.35. The van der Waals surface area contributed by atoms with Crippen LogP contribution in [0.4, 0.5) is 10.5 Å². The molecule has 6 heteroatoms. The third-order valence-corrected chi connectivity index (χ3v) is 3.73. The number of urea groups is 1. The molecule has 1 fully saturated rings. The van der Waals surface area contributed by atoms with Crippen molar-refractivity contribution in [3.63, 3.8) is 0 Å². The van der Waals surface area contributed by atoms with Crippen molar-refractivity contribution in [2.24, 2.45) is 5.92 Å². The van der Waals surface area contributed by atoms with E-state index < -0.39 is 5.97 Å². The number of rotatable bonds is 3. The molecule has 0 radical (unpaired) electrons. The molecule has 0 aromatic heterocycles. The zero-order valence-corrected chi connectivity index (χ0v) is 12.4. The lowest BCUT2D eigenvalue weighted by Gasteiger charge is -2.22. The van der Waals surface area contributed by atoms with Gasteiger partial charge in [0.25, 0.3) is 0 Å². The summed E-state index contributed by atoms with van der Waals surface area (Å²) in [6.45, 7) is 4.82. The Hall–Kier alpha value is -2.24. The van der Waals surface area contributed by atoms with Crippen molar-refractivity contribution in [2.75, 3.05) is 19.0 Å². The number of anilines is 1. The van der Waals surface area contributed by atoms with Crippen molar-refractivity contribution < 1.29 is 19.4 Å². The van der Waals surface area contributed by atoms with Crippen molar-refractivity contribution >= 4 is 17.7 Å². The van der Waals surface area contributed by atoms with E-state index in [0.717, 1.165) is 6.42 Å². The zero-order valence-electron chi connectivity index (χ0n) is 12.4. The Balaban J connectivity index is 2.20. The average Bonchev–Trinajstić information content (AvgIpc) is 2.77. The Labute approximate surface area is 123 Å². The van der Waals surface area contributed by atoms with E-state index in [1.807, 2.05) is 6.92 Å². The number of carbonyl (C=O) groups excluding carboxylic acids is 1. The fourth-order valence-corrected chi connectivity index (χ4v) is 2.71. The second kappa shape index (κ2) is 6.03. The number of hydrogen-bond donors (Lipinski definition) is 2. The first-order valence-corrected chi connectivity index (χ1v) is 6.91. The van der Waals surface area contributed by atoms with Crippen molar-refractivity contribution in [2.45, 2.75) is 26.3 Å². The second-order valence-corrected chi connectivity index (χ2v) is 5.49. The SMILES string of the molecule is COc1ccc(C(=O)O)cc1NC(=O)N1CC(C)CC1C. The predicted molar refractivity (Wildman–Crippen MR) is 78.9 cm³/mol. The predicted octanol–water partition coefficient (Wildman–Crippen LogP) is 2.66. The molecule has 1 aliphatic rings. The smallest absolute Gasteiger partial charge is 0.335 e. The Bertz CT molecular complexity index is 559. The summed E-state index contributed by atoms with van der Waals surface area (Å²) in [5.74, 6) is -0.137. The Morgan fingerprint density at radius 2 is 2.10 bits per heavy atom. The number of likely N-dealkylation sites (tertiary alicyclic amines) is 1. The minimum atomic E-state index is -1.05. The number of carboxylic acid groups (broad SMARTS) is 1. The van der Waals surface area contributed by atoms with Gasteiger partial charge in [-0.1, -0.05) is 6.92 Å². The second-order valence-electron chi connectivity index (χ2n) is 5.49. The van der Waals surface area contributed by atoms with Crippen LogP contribution in [0.2, 0.25) is 0 Å². The van der Waals surface area contributed by atoms with Gasteiger partial charge in [-0.2, -0.15) is 0 Å². The number of hydrogen-bond acceptors (Lipinski definition) is 3. The number of nitrogens with zero attached hydrogens (tertiary/aromatic N) is 1. The summed E-state index contributed by atoms with van der Waals surface area (Å²) < 4.78 is 5.17. The molecule has 2 N–H and O–H groups in total. The van der Waals surface area contributed by atoms with Gasteiger partial charge in [0.1, 0.15) is 5.75 Å². The average molecular weight is 292 g/mol. The quantitative estimate of drug-likeness (QED) is 0.897. The normalized spacial score (nSPS) is 21.2. The molecule has 2 atom stereocenters. The van der Waals surface area contributed by atoms with E-state index in [4.69, 9.17) is 9.84 Å². The van der Waals surface area contributed by atoms with E-state index in [1.165, 1.54) is 25.3 Å². The summed E-state index contributed by atoms with van der Waals surface area (Å²) in [7, 11) is 1.48. The number of benzene rings is 1. The Morgan fingerprint density at radius 3 is 2.62 bits per heavy atom. The topological polar surface area (TPSA) is 78.9 Å². The standard InChI is InChI=1S/C15H20N2O4/c1-9-6-10(2)17(8-9)15(20)16-12-7-11(14(18)19)4-5-13(12)21-3/h4-5,7,9-10H,6,8H2,1-3H3,(H,16,20)(H,18,19). The number of ether oxygens (including phenoxy) is 1. The lowest BCUT2D eigenvalue weighted by atomic mass is 10.1. The van der Waals surface area contributed by atoms with E-state index in [1.54, 1.807) is 4.90 Å². The highest BCUT2D eigenvalue weighted by atomic mass is 16.5. The molecule has 6 nitrogen and oxygen atoms in total. The maximum atomic E-state index is 12.3. The largest absolute Gasteiger partial charge is 0.495 e. The van der Waals surface area contributed by atoms with Crippen LogP contribution < -0.4 is 10.1 Å². The van der Waals surface area contributed by atoms with Crippen molar-refractivity contribution in [1.29, 1.82) is 0 Å². The number of carboxylic acids is 1. The van der Waals surface area contributed by atoms with Crippen molar-refractivity contribution in [3.8, 4) is 5.75 Å². The summed E-state index contributed by atoms with van der Waals surface area (Å²) in [5.41, 5.74) is 0.475. The van der Waals surface area contributed by atoms with Crippen LogP contribution in [0, 0.1) is 5.92 Å². The Morgan fingerprint density at radius 1 is 1.38 bits per heavy atom. The molecular formula is C15H20N2O4. The molecule has 114 valence electrons. The van der Waals surface area contributed by atoms with Gasteiger partial charge in [-0.3, -0.25) is 0 Å². The van der Waals surface area contributed by atoms with Gasteiger partial charge in [0.2, 0.25) is 0 Å². The number of methoxy groups -OCH3 is 1. The maximum absolute atomic E-state index is 12.3. The van der Waals surface area contributed by atoms with Crippen LogP contribution in [0.25, 0.3) is 0 Å². The van der Waals surface area contributed by atoms with Crippen LogP contribution in [-0.4, -0.2) is 41.7 Å². The van der Waals surface area contributed by atoms with E-state index >= 15 is 0 Å². The number of carbonyl (C=O) groups is 2. The first-order chi connectivity index (χ1) is 9.92. The lowest BCUT2D eigenvalue weighted by molar-refractivity contribution is 0.0697. The van der Waals surface area contributed by atoms with Crippen LogP contribution >= 0.6 is 0 Å². The van der Waals surface area contributed by atoms with E-state index in [2.05, 4.69) is 12.2 Å².